The number of carbonyl (C=O) groups is 1. The molecule has 0 atom stereocenters. The van der Waals surface area contributed by atoms with Gasteiger partial charge in [0.05, 0.1) is 12.3 Å². The van der Waals surface area contributed by atoms with Crippen molar-refractivity contribution in [1.29, 1.82) is 0 Å². The fraction of sp³-hybridized carbons (Fsp3) is 0.316. The number of thioether (sulfide) groups is 1. The van der Waals surface area contributed by atoms with E-state index < -0.39 is 11.9 Å². The van der Waals surface area contributed by atoms with Crippen molar-refractivity contribution >= 4 is 29.0 Å². The summed E-state index contributed by atoms with van der Waals surface area (Å²) in [4.78, 5) is 12.7. The smallest absolute Gasteiger partial charge is 0.375 e. The molecule has 0 spiro atoms. The van der Waals surface area contributed by atoms with Crippen LogP contribution in [0, 0.1) is 6.92 Å². The molecule has 0 aliphatic rings. The van der Waals surface area contributed by atoms with Gasteiger partial charge in [-0.15, -0.1) is 11.8 Å². The first-order chi connectivity index (χ1) is 12.3. The summed E-state index contributed by atoms with van der Waals surface area (Å²) < 4.78 is 37.3. The van der Waals surface area contributed by atoms with E-state index in [1.807, 2.05) is 32.0 Å². The second-order valence-corrected chi connectivity index (χ2v) is 6.78. The Morgan fingerprint density at radius 2 is 1.85 bits per heavy atom. The molecule has 3 nitrogen and oxygen atoms in total. The highest BCUT2D eigenvalue weighted by molar-refractivity contribution is 7.99. The van der Waals surface area contributed by atoms with E-state index in [2.05, 4.69) is 10.6 Å². The molecule has 0 aliphatic heterocycles. The maximum atomic E-state index is 12.4. The van der Waals surface area contributed by atoms with E-state index in [0.717, 1.165) is 23.2 Å². The molecule has 140 valence electrons. The first kappa shape index (κ1) is 20.2. The largest absolute Gasteiger partial charge is 0.398 e. The molecule has 0 unspecified atom stereocenters. The number of halogens is 3. The molecule has 1 amide bonds. The van der Waals surface area contributed by atoms with Gasteiger partial charge in [0.25, 0.3) is 0 Å². The Labute approximate surface area is 155 Å². The molecule has 2 aromatic rings. The average molecular weight is 382 g/mol. The first-order valence-electron chi connectivity index (χ1n) is 8.21. The van der Waals surface area contributed by atoms with E-state index in [9.17, 15) is 18.0 Å². The number of nitrogens with one attached hydrogen (secondary N) is 2. The quantitative estimate of drug-likeness (QED) is 0.642. The highest BCUT2D eigenvalue weighted by atomic mass is 32.2. The van der Waals surface area contributed by atoms with Gasteiger partial charge in [-0.25, -0.2) is 0 Å². The van der Waals surface area contributed by atoms with Crippen molar-refractivity contribution in [3.63, 3.8) is 0 Å². The number of alkyl halides is 3. The van der Waals surface area contributed by atoms with Gasteiger partial charge in [0.15, 0.2) is 0 Å². The zero-order valence-corrected chi connectivity index (χ0v) is 15.4. The fourth-order valence-corrected chi connectivity index (χ4v) is 3.25. The van der Waals surface area contributed by atoms with Crippen molar-refractivity contribution in [1.82, 2.24) is 0 Å². The van der Waals surface area contributed by atoms with Gasteiger partial charge in [-0.2, -0.15) is 13.2 Å². The third-order valence-electron chi connectivity index (χ3n) is 3.72. The van der Waals surface area contributed by atoms with Crippen LogP contribution in [0.25, 0.3) is 0 Å². The molecule has 0 aromatic heterocycles. The van der Waals surface area contributed by atoms with Gasteiger partial charge in [-0.1, -0.05) is 37.3 Å². The molecule has 0 radical (unpaired) electrons. The summed E-state index contributed by atoms with van der Waals surface area (Å²) >= 11 is 0.699. The Hall–Kier alpha value is -2.15. The number of rotatable bonds is 7. The number of aryl methyl sites for hydroxylation is 2. The highest BCUT2D eigenvalue weighted by Gasteiger charge is 2.27. The standard InChI is InChI=1S/C19H21F3N2OS/c1-3-14-8-6-7-13(2)18(14)24-17(25)11-23-15-9-4-5-10-16(15)26-12-19(20,21)22/h4-10,23H,3,11-12H2,1-2H3,(H,24,25). The third-order valence-corrected chi connectivity index (χ3v) is 4.86. The molecule has 2 N–H and O–H groups in total. The molecular weight excluding hydrogens is 361 g/mol. The number of benzene rings is 2. The lowest BCUT2D eigenvalue weighted by molar-refractivity contribution is -0.114. The minimum atomic E-state index is -4.24. The number of carbonyl (C=O) groups excluding carboxylic acids is 1. The Morgan fingerprint density at radius 1 is 1.12 bits per heavy atom. The SMILES string of the molecule is CCc1cccc(C)c1NC(=O)CNc1ccccc1SCC(F)(F)F. The predicted octanol–water partition coefficient (Wildman–Crippen LogP) is 5.26. The van der Waals surface area contributed by atoms with Crippen molar-refractivity contribution in [3.8, 4) is 0 Å². The van der Waals surface area contributed by atoms with Crippen LogP contribution in [0.5, 0.6) is 0 Å². The molecular formula is C19H21F3N2OS. The summed E-state index contributed by atoms with van der Waals surface area (Å²) in [5.41, 5.74) is 3.32. The minimum Gasteiger partial charge on any atom is -0.375 e. The van der Waals surface area contributed by atoms with Crippen LogP contribution in [-0.4, -0.2) is 24.4 Å². The number of anilines is 2. The third kappa shape index (κ3) is 5.98. The van der Waals surface area contributed by atoms with Gasteiger partial charge in [0.1, 0.15) is 0 Å². The van der Waals surface area contributed by atoms with E-state index in [1.54, 1.807) is 24.3 Å². The highest BCUT2D eigenvalue weighted by Crippen LogP contribution is 2.32. The lowest BCUT2D eigenvalue weighted by Gasteiger charge is -2.15. The zero-order chi connectivity index (χ0) is 19.2. The molecule has 7 heteroatoms. The Kier molecular flexibility index (Phi) is 6.97. The molecule has 0 bridgehead atoms. The molecule has 0 saturated carbocycles. The number of hydrogen-bond donors (Lipinski definition) is 2. The first-order valence-corrected chi connectivity index (χ1v) is 9.19. The summed E-state index contributed by atoms with van der Waals surface area (Å²) in [7, 11) is 0. The van der Waals surface area contributed by atoms with Crippen molar-refractivity contribution in [2.45, 2.75) is 31.3 Å². The molecule has 0 aliphatic carbocycles. The van der Waals surface area contributed by atoms with E-state index in [-0.39, 0.29) is 12.5 Å². The van der Waals surface area contributed by atoms with Gasteiger partial charge in [-0.05, 0) is 36.6 Å². The topological polar surface area (TPSA) is 41.1 Å². The summed E-state index contributed by atoms with van der Waals surface area (Å²) in [5.74, 6) is -1.22. The lowest BCUT2D eigenvalue weighted by Crippen LogP contribution is -2.23. The molecule has 2 rings (SSSR count). The Balaban J connectivity index is 2.00. The summed E-state index contributed by atoms with van der Waals surface area (Å²) in [5, 5.41) is 5.81. The van der Waals surface area contributed by atoms with Crippen LogP contribution in [-0.2, 0) is 11.2 Å². The second kappa shape index (κ2) is 8.98. The van der Waals surface area contributed by atoms with Crippen LogP contribution >= 0.6 is 11.8 Å². The zero-order valence-electron chi connectivity index (χ0n) is 14.6. The molecule has 0 saturated heterocycles. The molecule has 0 heterocycles. The molecule has 2 aromatic carbocycles. The Morgan fingerprint density at radius 3 is 2.54 bits per heavy atom. The summed E-state index contributed by atoms with van der Waals surface area (Å²) in [6.07, 6.45) is -3.45. The average Bonchev–Trinajstić information content (AvgIpc) is 2.60. The van der Waals surface area contributed by atoms with Crippen LogP contribution in [0.1, 0.15) is 18.1 Å². The van der Waals surface area contributed by atoms with Gasteiger partial charge in [0, 0.05) is 16.3 Å². The van der Waals surface area contributed by atoms with Gasteiger partial charge in [-0.3, -0.25) is 4.79 Å². The maximum Gasteiger partial charge on any atom is 0.398 e. The Bertz CT molecular complexity index is 763. The van der Waals surface area contributed by atoms with Gasteiger partial charge < -0.3 is 10.6 Å². The van der Waals surface area contributed by atoms with Crippen molar-refractivity contribution < 1.29 is 18.0 Å². The van der Waals surface area contributed by atoms with E-state index in [0.29, 0.717) is 22.3 Å². The van der Waals surface area contributed by atoms with E-state index >= 15 is 0 Å². The molecule has 26 heavy (non-hydrogen) atoms. The monoisotopic (exact) mass is 382 g/mol. The van der Waals surface area contributed by atoms with Crippen LogP contribution in [0.4, 0.5) is 24.5 Å². The van der Waals surface area contributed by atoms with Crippen molar-refractivity contribution in [2.24, 2.45) is 0 Å². The minimum absolute atomic E-state index is 0.0267. The summed E-state index contributed by atoms with van der Waals surface area (Å²) in [6.45, 7) is 3.91. The van der Waals surface area contributed by atoms with Crippen LogP contribution in [0.3, 0.4) is 0 Å². The maximum absolute atomic E-state index is 12.4. The normalized spacial score (nSPS) is 11.3. The van der Waals surface area contributed by atoms with Gasteiger partial charge in [0.2, 0.25) is 5.91 Å². The number of amides is 1. The van der Waals surface area contributed by atoms with Crippen molar-refractivity contribution in [2.75, 3.05) is 22.9 Å². The van der Waals surface area contributed by atoms with Crippen molar-refractivity contribution in [3.05, 3.63) is 53.6 Å². The predicted molar refractivity (Wildman–Crippen MR) is 101 cm³/mol. The number of hydrogen-bond acceptors (Lipinski definition) is 3. The number of para-hydroxylation sites is 2. The lowest BCUT2D eigenvalue weighted by atomic mass is 10.1. The molecule has 0 fully saturated rings. The van der Waals surface area contributed by atoms with Crippen LogP contribution in [0.2, 0.25) is 0 Å². The van der Waals surface area contributed by atoms with Crippen LogP contribution < -0.4 is 10.6 Å². The van der Waals surface area contributed by atoms with Gasteiger partial charge >= 0.3 is 6.18 Å². The second-order valence-electron chi connectivity index (χ2n) is 5.76. The fourth-order valence-electron chi connectivity index (χ4n) is 2.46. The van der Waals surface area contributed by atoms with E-state index in [4.69, 9.17) is 0 Å². The van der Waals surface area contributed by atoms with E-state index in [1.165, 1.54) is 0 Å². The summed E-state index contributed by atoms with van der Waals surface area (Å²) in [6, 6.07) is 12.5. The van der Waals surface area contributed by atoms with Crippen LogP contribution in [0.15, 0.2) is 47.4 Å².